The molecule has 13 nitrogen and oxygen atoms in total. The standard InChI is InChI=1S/C22H27N7O6/c23-7-19(31)27-16(5-12-8-25-15-4-2-1-3-14(12)15)20(32)29-18(10-30)21(33)28-17(22(34)35)6-13-9-24-11-26-13/h1-4,8-9,11,16-18,25,30H,5-7,10,23H2,(H,24,26)(H,27,31)(H,28,33)(H,29,32)(H,34,35). The molecule has 3 unspecified atom stereocenters. The van der Waals surface area contributed by atoms with Gasteiger partial charge in [0, 0.05) is 41.8 Å². The Morgan fingerprint density at radius 1 is 0.971 bits per heavy atom. The van der Waals surface area contributed by atoms with Crippen LogP contribution in [-0.2, 0) is 32.0 Å². The molecule has 0 bridgehead atoms. The van der Waals surface area contributed by atoms with E-state index in [2.05, 4.69) is 30.9 Å². The molecular formula is C22H27N7O6. The number of aromatic amines is 2. The highest BCUT2D eigenvalue weighted by Gasteiger charge is 2.30. The minimum Gasteiger partial charge on any atom is -0.480 e. The van der Waals surface area contributed by atoms with Crippen molar-refractivity contribution in [2.75, 3.05) is 13.2 Å². The van der Waals surface area contributed by atoms with Gasteiger partial charge in [-0.05, 0) is 11.6 Å². The van der Waals surface area contributed by atoms with Crippen LogP contribution in [0.1, 0.15) is 11.3 Å². The van der Waals surface area contributed by atoms with E-state index < -0.39 is 48.4 Å². The molecule has 2 heterocycles. The van der Waals surface area contributed by atoms with E-state index in [-0.39, 0.29) is 19.4 Å². The van der Waals surface area contributed by atoms with Gasteiger partial charge < -0.3 is 41.9 Å². The van der Waals surface area contributed by atoms with Crippen LogP contribution < -0.4 is 21.7 Å². The van der Waals surface area contributed by atoms with Crippen molar-refractivity contribution in [3.63, 3.8) is 0 Å². The summed E-state index contributed by atoms with van der Waals surface area (Å²) < 4.78 is 0. The summed E-state index contributed by atoms with van der Waals surface area (Å²) in [5, 5.41) is 27.2. The zero-order valence-corrected chi connectivity index (χ0v) is 18.7. The third-order valence-electron chi connectivity index (χ3n) is 5.35. The van der Waals surface area contributed by atoms with Gasteiger partial charge in [0.15, 0.2) is 0 Å². The Morgan fingerprint density at radius 2 is 1.69 bits per heavy atom. The molecule has 1 aromatic carbocycles. The number of nitrogens with zero attached hydrogens (tertiary/aromatic N) is 1. The average Bonchev–Trinajstić information content (AvgIpc) is 3.51. The number of para-hydroxylation sites is 1. The Hall–Kier alpha value is -4.23. The number of carboxylic acid groups (broad SMARTS) is 1. The van der Waals surface area contributed by atoms with Crippen molar-refractivity contribution in [3.8, 4) is 0 Å². The average molecular weight is 486 g/mol. The lowest BCUT2D eigenvalue weighted by Gasteiger charge is -2.23. The van der Waals surface area contributed by atoms with Crippen molar-refractivity contribution in [2.24, 2.45) is 5.73 Å². The molecule has 3 aromatic rings. The normalized spacial score (nSPS) is 13.5. The third-order valence-corrected chi connectivity index (χ3v) is 5.35. The van der Waals surface area contributed by atoms with Gasteiger partial charge in [-0.25, -0.2) is 9.78 Å². The third kappa shape index (κ3) is 6.65. The summed E-state index contributed by atoms with van der Waals surface area (Å²) in [6.07, 6.45) is 4.50. The number of aliphatic carboxylic acids is 1. The van der Waals surface area contributed by atoms with E-state index in [0.717, 1.165) is 16.5 Å². The monoisotopic (exact) mass is 485 g/mol. The van der Waals surface area contributed by atoms with Gasteiger partial charge in [-0.15, -0.1) is 0 Å². The second-order valence-corrected chi connectivity index (χ2v) is 7.81. The van der Waals surface area contributed by atoms with Crippen molar-refractivity contribution in [1.29, 1.82) is 0 Å². The summed E-state index contributed by atoms with van der Waals surface area (Å²) in [6.45, 7) is -1.14. The number of nitrogens with one attached hydrogen (secondary N) is 5. The lowest BCUT2D eigenvalue weighted by atomic mass is 10.0. The van der Waals surface area contributed by atoms with Gasteiger partial charge in [0.25, 0.3) is 0 Å². The van der Waals surface area contributed by atoms with E-state index >= 15 is 0 Å². The number of amides is 3. The summed E-state index contributed by atoms with van der Waals surface area (Å²) in [6, 6.07) is 3.52. The molecule has 0 spiro atoms. The molecule has 0 aliphatic rings. The summed E-state index contributed by atoms with van der Waals surface area (Å²) in [5.41, 5.74) is 7.45. The quantitative estimate of drug-likeness (QED) is 0.146. The number of aromatic nitrogens is 3. The van der Waals surface area contributed by atoms with Gasteiger partial charge >= 0.3 is 5.97 Å². The molecule has 3 rings (SSSR count). The van der Waals surface area contributed by atoms with Crippen LogP contribution in [-0.4, -0.2) is 80.1 Å². The van der Waals surface area contributed by atoms with Crippen LogP contribution in [0.4, 0.5) is 0 Å². The van der Waals surface area contributed by atoms with Gasteiger partial charge in [-0.1, -0.05) is 18.2 Å². The van der Waals surface area contributed by atoms with Gasteiger partial charge in [0.1, 0.15) is 18.1 Å². The number of rotatable bonds is 12. The van der Waals surface area contributed by atoms with Gasteiger partial charge in [-0.2, -0.15) is 0 Å². The fraction of sp³-hybridized carbons (Fsp3) is 0.318. The van der Waals surface area contributed by atoms with Crippen LogP contribution >= 0.6 is 0 Å². The second-order valence-electron chi connectivity index (χ2n) is 7.81. The molecule has 35 heavy (non-hydrogen) atoms. The smallest absolute Gasteiger partial charge is 0.326 e. The lowest BCUT2D eigenvalue weighted by molar-refractivity contribution is -0.142. The minimum absolute atomic E-state index is 0.0804. The number of carbonyl (C=O) groups is 4. The topological polar surface area (TPSA) is 215 Å². The van der Waals surface area contributed by atoms with E-state index in [1.807, 2.05) is 24.3 Å². The van der Waals surface area contributed by atoms with Crippen LogP contribution in [0.25, 0.3) is 10.9 Å². The Kier molecular flexibility index (Phi) is 8.53. The highest BCUT2D eigenvalue weighted by Crippen LogP contribution is 2.19. The van der Waals surface area contributed by atoms with E-state index in [1.54, 1.807) is 6.20 Å². The summed E-state index contributed by atoms with van der Waals surface area (Å²) >= 11 is 0. The van der Waals surface area contributed by atoms with Crippen molar-refractivity contribution >= 4 is 34.6 Å². The number of H-pyrrole nitrogens is 2. The SMILES string of the molecule is NCC(=O)NC(Cc1c[nH]c2ccccc12)C(=O)NC(CO)C(=O)NC(Cc1cnc[nH]1)C(=O)O. The molecule has 3 amide bonds. The number of carbonyl (C=O) groups excluding carboxylic acids is 3. The second kappa shape index (κ2) is 11.8. The van der Waals surface area contributed by atoms with Gasteiger partial charge in [0.2, 0.25) is 17.7 Å². The predicted octanol–water partition coefficient (Wildman–Crippen LogP) is -1.83. The maximum atomic E-state index is 13.0. The highest BCUT2D eigenvalue weighted by atomic mass is 16.4. The fourth-order valence-corrected chi connectivity index (χ4v) is 3.54. The van der Waals surface area contributed by atoms with Crippen molar-refractivity contribution < 1.29 is 29.4 Å². The molecule has 13 heteroatoms. The molecule has 0 fully saturated rings. The molecular weight excluding hydrogens is 458 g/mol. The molecule has 3 atom stereocenters. The molecule has 9 N–H and O–H groups in total. The molecule has 0 saturated heterocycles. The highest BCUT2D eigenvalue weighted by molar-refractivity contribution is 5.94. The largest absolute Gasteiger partial charge is 0.480 e. The van der Waals surface area contributed by atoms with E-state index in [4.69, 9.17) is 5.73 Å². The zero-order chi connectivity index (χ0) is 25.4. The van der Waals surface area contributed by atoms with Crippen molar-refractivity contribution in [1.82, 2.24) is 30.9 Å². The zero-order valence-electron chi connectivity index (χ0n) is 18.7. The summed E-state index contributed by atoms with van der Waals surface area (Å²) in [5.74, 6) is -3.53. The van der Waals surface area contributed by atoms with Crippen molar-refractivity contribution in [2.45, 2.75) is 31.0 Å². The van der Waals surface area contributed by atoms with Gasteiger partial charge in [0.05, 0.1) is 19.5 Å². The summed E-state index contributed by atoms with van der Waals surface area (Å²) in [4.78, 5) is 58.8. The molecule has 0 saturated carbocycles. The van der Waals surface area contributed by atoms with Crippen LogP contribution in [0.3, 0.4) is 0 Å². The summed E-state index contributed by atoms with van der Waals surface area (Å²) in [7, 11) is 0. The first-order valence-corrected chi connectivity index (χ1v) is 10.8. The number of nitrogens with two attached hydrogens (primary N) is 1. The molecule has 0 radical (unpaired) electrons. The number of hydrogen-bond acceptors (Lipinski definition) is 7. The molecule has 0 aliphatic carbocycles. The molecule has 186 valence electrons. The number of imidazole rings is 1. The van der Waals surface area contributed by atoms with Crippen molar-refractivity contribution in [3.05, 3.63) is 54.2 Å². The van der Waals surface area contributed by atoms with Crippen LogP contribution in [0.2, 0.25) is 0 Å². The van der Waals surface area contributed by atoms with Crippen LogP contribution in [0.15, 0.2) is 43.0 Å². The Labute approximate surface area is 199 Å². The first kappa shape index (κ1) is 25.4. The maximum absolute atomic E-state index is 13.0. The minimum atomic E-state index is -1.45. The Balaban J connectivity index is 1.71. The number of aliphatic hydroxyl groups is 1. The number of aliphatic hydroxyl groups excluding tert-OH is 1. The van der Waals surface area contributed by atoms with Crippen LogP contribution in [0.5, 0.6) is 0 Å². The molecule has 0 aliphatic heterocycles. The number of hydrogen-bond donors (Lipinski definition) is 8. The predicted molar refractivity (Wildman–Crippen MR) is 124 cm³/mol. The fourth-order valence-electron chi connectivity index (χ4n) is 3.54. The first-order chi connectivity index (χ1) is 16.8. The van der Waals surface area contributed by atoms with E-state index in [9.17, 15) is 29.4 Å². The number of fused-ring (bicyclic) bond motifs is 1. The molecule has 2 aromatic heterocycles. The van der Waals surface area contributed by atoms with Gasteiger partial charge in [-0.3, -0.25) is 14.4 Å². The first-order valence-electron chi connectivity index (χ1n) is 10.8. The van der Waals surface area contributed by atoms with Crippen LogP contribution in [0, 0.1) is 0 Å². The Bertz CT molecular complexity index is 1180. The van der Waals surface area contributed by atoms with E-state index in [0.29, 0.717) is 5.69 Å². The number of carboxylic acids is 1. The Morgan fingerprint density at radius 3 is 2.34 bits per heavy atom. The van der Waals surface area contributed by atoms with E-state index in [1.165, 1.54) is 12.5 Å². The number of benzene rings is 1. The maximum Gasteiger partial charge on any atom is 0.326 e. The lowest BCUT2D eigenvalue weighted by Crippen LogP contribution is -2.58.